The first-order valence-corrected chi connectivity index (χ1v) is 13.4. The van der Waals surface area contributed by atoms with Gasteiger partial charge in [-0.1, -0.05) is 81.4 Å². The molecule has 1 fully saturated rings. The molecule has 0 saturated carbocycles. The zero-order valence-corrected chi connectivity index (χ0v) is 21.3. The van der Waals surface area contributed by atoms with Gasteiger partial charge in [0.25, 0.3) is 8.32 Å². The van der Waals surface area contributed by atoms with Gasteiger partial charge < -0.3 is 19.8 Å². The van der Waals surface area contributed by atoms with Gasteiger partial charge in [-0.25, -0.2) is 4.79 Å². The van der Waals surface area contributed by atoms with Crippen molar-refractivity contribution in [2.75, 3.05) is 13.1 Å². The maximum atomic E-state index is 12.9. The molecule has 6 heteroatoms. The lowest BCUT2D eigenvalue weighted by atomic mass is 10.2. The largest absolute Gasteiger partial charge is 0.444 e. The summed E-state index contributed by atoms with van der Waals surface area (Å²) in [6.07, 6.45) is 0.282. The SMILES string of the molecule is CC(C)(C)OC(=O)N1C[C@H](O[Si](c2ccccc2)(c2ccccc2)C(C)(C)C)C[C@@H]1CN. The van der Waals surface area contributed by atoms with Crippen LogP contribution in [0.5, 0.6) is 0 Å². The number of hydrogen-bond donors (Lipinski definition) is 1. The van der Waals surface area contributed by atoms with Crippen molar-refractivity contribution in [2.24, 2.45) is 5.73 Å². The van der Waals surface area contributed by atoms with Gasteiger partial charge in [0, 0.05) is 19.1 Å². The Kier molecular flexibility index (Phi) is 7.17. The van der Waals surface area contributed by atoms with E-state index in [9.17, 15) is 4.79 Å². The quantitative estimate of drug-likeness (QED) is 0.696. The van der Waals surface area contributed by atoms with Crippen molar-refractivity contribution in [1.29, 1.82) is 0 Å². The van der Waals surface area contributed by atoms with Crippen molar-refractivity contribution in [1.82, 2.24) is 4.90 Å². The molecule has 2 aromatic rings. The second-order valence-electron chi connectivity index (χ2n) is 10.7. The summed E-state index contributed by atoms with van der Waals surface area (Å²) in [7, 11) is -2.69. The minimum absolute atomic E-state index is 0.0898. The Hall–Kier alpha value is -2.15. The van der Waals surface area contributed by atoms with Gasteiger partial charge in [-0.2, -0.15) is 0 Å². The predicted molar refractivity (Wildman–Crippen MR) is 133 cm³/mol. The fraction of sp³-hybridized carbons (Fsp3) is 0.500. The fourth-order valence-electron chi connectivity index (χ4n) is 4.67. The lowest BCUT2D eigenvalue weighted by Gasteiger charge is -2.44. The molecule has 0 aliphatic carbocycles. The molecule has 1 aliphatic rings. The van der Waals surface area contributed by atoms with E-state index in [4.69, 9.17) is 14.9 Å². The topological polar surface area (TPSA) is 64.8 Å². The molecule has 0 radical (unpaired) electrons. The number of nitrogens with zero attached hydrogens (tertiary/aromatic N) is 1. The first-order valence-electron chi connectivity index (χ1n) is 11.5. The van der Waals surface area contributed by atoms with Crippen LogP contribution in [0.2, 0.25) is 5.04 Å². The molecular formula is C26H38N2O3Si. The Bertz CT molecular complexity index is 851. The number of hydrogen-bond acceptors (Lipinski definition) is 4. The number of nitrogens with two attached hydrogens (primary N) is 1. The monoisotopic (exact) mass is 454 g/mol. The van der Waals surface area contributed by atoms with Crippen molar-refractivity contribution < 1.29 is 14.0 Å². The molecular weight excluding hydrogens is 416 g/mol. The molecule has 1 heterocycles. The van der Waals surface area contributed by atoms with Crippen molar-refractivity contribution in [3.63, 3.8) is 0 Å². The Morgan fingerprint density at radius 3 is 1.88 bits per heavy atom. The van der Waals surface area contributed by atoms with Crippen LogP contribution < -0.4 is 16.1 Å². The Morgan fingerprint density at radius 2 is 1.47 bits per heavy atom. The summed E-state index contributed by atoms with van der Waals surface area (Å²) in [4.78, 5) is 14.6. The molecule has 1 amide bonds. The van der Waals surface area contributed by atoms with E-state index >= 15 is 0 Å². The molecule has 0 spiro atoms. The maximum absolute atomic E-state index is 12.9. The first-order chi connectivity index (χ1) is 15.0. The van der Waals surface area contributed by atoms with Crippen LogP contribution in [0, 0.1) is 0 Å². The number of ether oxygens (including phenoxy) is 1. The molecule has 0 unspecified atom stereocenters. The van der Waals surface area contributed by atoms with Crippen LogP contribution in [0.15, 0.2) is 60.7 Å². The summed E-state index contributed by atoms with van der Waals surface area (Å²) in [5.41, 5.74) is 5.52. The predicted octanol–water partition coefficient (Wildman–Crippen LogP) is 3.90. The van der Waals surface area contributed by atoms with Crippen LogP contribution in [0.3, 0.4) is 0 Å². The molecule has 2 N–H and O–H groups in total. The second-order valence-corrected chi connectivity index (χ2v) is 14.9. The summed E-state index contributed by atoms with van der Waals surface area (Å²) in [6, 6.07) is 21.1. The smallest absolute Gasteiger partial charge is 0.410 e. The average Bonchev–Trinajstić information content (AvgIpc) is 3.14. The highest BCUT2D eigenvalue weighted by atomic mass is 28.4. The highest BCUT2D eigenvalue weighted by Gasteiger charge is 2.53. The standard InChI is InChI=1S/C26H38N2O3Si/c1-25(2,3)30-24(29)28-19-21(17-20(28)18-27)31-32(26(4,5)6,22-13-9-7-10-14-22)23-15-11-8-12-16-23/h7-16,20-21H,17-19,27H2,1-6H3/t20-,21-/m1/s1. The van der Waals surface area contributed by atoms with Gasteiger partial charge in [0.05, 0.1) is 6.10 Å². The van der Waals surface area contributed by atoms with Gasteiger partial charge in [-0.3, -0.25) is 0 Å². The summed E-state index contributed by atoms with van der Waals surface area (Å²) in [5.74, 6) is 0. The Labute approximate surface area is 194 Å². The lowest BCUT2D eigenvalue weighted by molar-refractivity contribution is 0.0216. The molecule has 174 valence electrons. The summed E-state index contributed by atoms with van der Waals surface area (Å²) in [5, 5.41) is 2.35. The Morgan fingerprint density at radius 1 is 0.969 bits per heavy atom. The summed E-state index contributed by atoms with van der Waals surface area (Å²) < 4.78 is 12.9. The highest BCUT2D eigenvalue weighted by Crippen LogP contribution is 2.39. The van der Waals surface area contributed by atoms with Crippen molar-refractivity contribution in [2.45, 2.75) is 70.7 Å². The highest BCUT2D eigenvalue weighted by molar-refractivity contribution is 6.99. The van der Waals surface area contributed by atoms with E-state index in [0.29, 0.717) is 19.5 Å². The third kappa shape index (κ3) is 5.08. The van der Waals surface area contributed by atoms with E-state index in [1.165, 1.54) is 10.4 Å². The molecule has 2 atom stereocenters. The minimum Gasteiger partial charge on any atom is -0.444 e. The van der Waals surface area contributed by atoms with E-state index in [-0.39, 0.29) is 23.3 Å². The Balaban J connectivity index is 2.00. The van der Waals surface area contributed by atoms with E-state index in [1.807, 2.05) is 32.9 Å². The third-order valence-corrected chi connectivity index (χ3v) is 11.1. The minimum atomic E-state index is -2.69. The number of likely N-dealkylation sites (tertiary alicyclic amines) is 1. The molecule has 1 aliphatic heterocycles. The van der Waals surface area contributed by atoms with Crippen LogP contribution in [-0.4, -0.2) is 50.1 Å². The van der Waals surface area contributed by atoms with Gasteiger partial charge in [-0.15, -0.1) is 0 Å². The zero-order chi connectivity index (χ0) is 23.6. The fourth-order valence-corrected chi connectivity index (χ4v) is 9.35. The average molecular weight is 455 g/mol. The summed E-state index contributed by atoms with van der Waals surface area (Å²) >= 11 is 0. The normalized spacial score (nSPS) is 19.8. The second kappa shape index (κ2) is 9.38. The zero-order valence-electron chi connectivity index (χ0n) is 20.3. The van der Waals surface area contributed by atoms with E-state index in [1.54, 1.807) is 4.90 Å². The molecule has 2 aromatic carbocycles. The van der Waals surface area contributed by atoms with E-state index in [0.717, 1.165) is 0 Å². The van der Waals surface area contributed by atoms with Gasteiger partial charge in [0.15, 0.2) is 0 Å². The van der Waals surface area contributed by atoms with Gasteiger partial charge >= 0.3 is 6.09 Å². The van der Waals surface area contributed by atoms with Crippen molar-refractivity contribution in [3.8, 4) is 0 Å². The number of benzene rings is 2. The number of carbonyl (C=O) groups is 1. The van der Waals surface area contributed by atoms with Crippen LogP contribution in [-0.2, 0) is 9.16 Å². The van der Waals surface area contributed by atoms with E-state index in [2.05, 4.69) is 69.3 Å². The molecule has 32 heavy (non-hydrogen) atoms. The number of carbonyl (C=O) groups excluding carboxylic acids is 1. The maximum Gasteiger partial charge on any atom is 0.410 e. The van der Waals surface area contributed by atoms with Crippen molar-refractivity contribution in [3.05, 3.63) is 60.7 Å². The van der Waals surface area contributed by atoms with E-state index < -0.39 is 13.9 Å². The molecule has 0 bridgehead atoms. The molecule has 1 saturated heterocycles. The van der Waals surface area contributed by atoms with Gasteiger partial charge in [0.1, 0.15) is 5.60 Å². The van der Waals surface area contributed by atoms with Crippen molar-refractivity contribution >= 4 is 24.8 Å². The number of rotatable bonds is 5. The van der Waals surface area contributed by atoms with Crippen LogP contribution in [0.1, 0.15) is 48.0 Å². The summed E-state index contributed by atoms with van der Waals surface area (Å²) in [6.45, 7) is 13.3. The first kappa shape index (κ1) is 24.5. The third-order valence-electron chi connectivity index (χ3n) is 6.04. The van der Waals surface area contributed by atoms with Crippen LogP contribution >= 0.6 is 0 Å². The van der Waals surface area contributed by atoms with Gasteiger partial charge in [0.2, 0.25) is 0 Å². The van der Waals surface area contributed by atoms with Gasteiger partial charge in [-0.05, 0) is 42.6 Å². The number of amides is 1. The van der Waals surface area contributed by atoms with Crippen LogP contribution in [0.4, 0.5) is 4.79 Å². The molecule has 5 nitrogen and oxygen atoms in total. The molecule has 3 rings (SSSR count). The van der Waals surface area contributed by atoms with Crippen LogP contribution in [0.25, 0.3) is 0 Å². The lowest BCUT2D eigenvalue weighted by Crippen LogP contribution is -2.67. The molecule has 0 aromatic heterocycles.